The summed E-state index contributed by atoms with van der Waals surface area (Å²) in [5.41, 5.74) is 0. The second kappa shape index (κ2) is 56.4. The van der Waals surface area contributed by atoms with Crippen molar-refractivity contribution in [2.45, 2.75) is 290 Å². The number of ether oxygens (including phenoxy) is 3. The van der Waals surface area contributed by atoms with Gasteiger partial charge in [0.1, 0.15) is 12.7 Å². The Labute approximate surface area is 453 Å². The monoisotopic (exact) mass is 1060 g/mol. The van der Waals surface area contributed by atoms with Gasteiger partial charge in [-0.25, -0.2) is 4.57 Å². The van der Waals surface area contributed by atoms with Gasteiger partial charge in [-0.15, -0.1) is 0 Å². The quantitative estimate of drug-likeness (QED) is 0.0197. The largest absolute Gasteiger partial charge is 0.472 e. The molecule has 0 aromatic heterocycles. The van der Waals surface area contributed by atoms with Crippen molar-refractivity contribution in [2.75, 3.05) is 26.4 Å². The van der Waals surface area contributed by atoms with Gasteiger partial charge in [-0.05, 0) is 83.5 Å². The molecule has 0 aliphatic heterocycles. The van der Waals surface area contributed by atoms with E-state index in [2.05, 4.69) is 81.5 Å². The molecule has 0 aliphatic carbocycles. The molecule has 3 unspecified atom stereocenters. The average Bonchev–Trinajstić information content (AvgIpc) is 3.39. The number of aliphatic hydroxyl groups is 1. The topological polar surface area (TPSA) is 155 Å². The maximum Gasteiger partial charge on any atom is 0.472 e. The molecule has 74 heavy (non-hydrogen) atoms. The number of unbranched alkanes of at least 4 members (excludes halogenated alkanes) is 29. The van der Waals surface area contributed by atoms with Crippen molar-refractivity contribution in [1.29, 1.82) is 0 Å². The van der Waals surface area contributed by atoms with Crippen LogP contribution in [0.4, 0.5) is 0 Å². The number of carbonyl (C=O) groups excluding carboxylic acids is 3. The fourth-order valence-corrected chi connectivity index (χ4v) is 9.13. The summed E-state index contributed by atoms with van der Waals surface area (Å²) in [6, 6.07) is 0. The minimum Gasteiger partial charge on any atom is -0.462 e. The standard InChI is InChI=1S/C62H111O11P/c1-4-7-10-13-16-19-22-25-28-29-32-35-38-41-44-47-50-53-62(66)73-59(55-69-60(64)51-48-45-42-39-36-33-30-26-23-20-17-14-11-8-5-2)57-71-74(67,68)70-56-58(54-63)72-61(65)52-49-46-43-40-37-34-31-27-24-21-18-15-12-9-6-3/h8,11,17-18,20-21,26-27,30-31,58-59,63H,4-7,9-10,12-16,19,22-25,28-29,32-57H2,1-3H3,(H,67,68)/b11-8-,20-17-,21-18-,30-26-,31-27-. The van der Waals surface area contributed by atoms with Gasteiger partial charge in [-0.3, -0.25) is 23.4 Å². The summed E-state index contributed by atoms with van der Waals surface area (Å²) in [7, 11) is -4.75. The van der Waals surface area contributed by atoms with Crippen LogP contribution in [-0.4, -0.2) is 66.5 Å². The number of phosphoric acid groups is 1. The van der Waals surface area contributed by atoms with Crippen LogP contribution in [0.1, 0.15) is 278 Å². The van der Waals surface area contributed by atoms with Crippen LogP contribution in [0.25, 0.3) is 0 Å². The number of carbonyl (C=O) groups is 3. The molecule has 2 N–H and O–H groups in total. The summed E-state index contributed by atoms with van der Waals surface area (Å²) in [5, 5.41) is 9.82. The highest BCUT2D eigenvalue weighted by molar-refractivity contribution is 7.47. The highest BCUT2D eigenvalue weighted by Crippen LogP contribution is 2.43. The van der Waals surface area contributed by atoms with Crippen molar-refractivity contribution < 1.29 is 52.2 Å². The van der Waals surface area contributed by atoms with Gasteiger partial charge in [0.2, 0.25) is 0 Å². The molecule has 12 heteroatoms. The molecule has 0 amide bonds. The summed E-state index contributed by atoms with van der Waals surface area (Å²) < 4.78 is 39.6. The number of aliphatic hydroxyl groups excluding tert-OH is 1. The Morgan fingerprint density at radius 1 is 0.392 bits per heavy atom. The molecule has 0 aromatic rings. The zero-order valence-corrected chi connectivity index (χ0v) is 48.5. The Morgan fingerprint density at radius 2 is 0.703 bits per heavy atom. The zero-order valence-electron chi connectivity index (χ0n) is 47.6. The van der Waals surface area contributed by atoms with E-state index in [9.17, 15) is 28.9 Å². The van der Waals surface area contributed by atoms with Crippen LogP contribution in [0.3, 0.4) is 0 Å². The molecule has 430 valence electrons. The average molecular weight is 1060 g/mol. The van der Waals surface area contributed by atoms with Crippen LogP contribution in [0.15, 0.2) is 60.8 Å². The van der Waals surface area contributed by atoms with E-state index >= 15 is 0 Å². The zero-order chi connectivity index (χ0) is 54.1. The Bertz CT molecular complexity index is 1470. The number of hydrogen-bond donors (Lipinski definition) is 2. The molecular formula is C62H111O11P. The van der Waals surface area contributed by atoms with E-state index in [-0.39, 0.29) is 25.9 Å². The first-order chi connectivity index (χ1) is 36.2. The predicted molar refractivity (Wildman–Crippen MR) is 307 cm³/mol. The fraction of sp³-hybridized carbons (Fsp3) is 0.790. The lowest BCUT2D eigenvalue weighted by molar-refractivity contribution is -0.161. The summed E-state index contributed by atoms with van der Waals surface area (Å²) in [6.07, 6.45) is 61.7. The summed E-state index contributed by atoms with van der Waals surface area (Å²) in [6.45, 7) is 4.51. The van der Waals surface area contributed by atoms with Crippen molar-refractivity contribution in [1.82, 2.24) is 0 Å². The van der Waals surface area contributed by atoms with Gasteiger partial charge in [0, 0.05) is 19.3 Å². The van der Waals surface area contributed by atoms with Gasteiger partial charge in [-0.1, -0.05) is 236 Å². The molecule has 11 nitrogen and oxygen atoms in total. The van der Waals surface area contributed by atoms with E-state index in [0.29, 0.717) is 19.3 Å². The SMILES string of the molecule is CC/C=C\C/C=C\C/C=C\CCCCCCCC(=O)OCC(COP(=O)(O)OCC(CO)OC(=O)CCCCCCC/C=C\C/C=C\CCCCC)OC(=O)CCCCCCCCCCCCCCCCCCC. The molecule has 0 radical (unpaired) electrons. The van der Waals surface area contributed by atoms with Crippen LogP contribution in [0.5, 0.6) is 0 Å². The van der Waals surface area contributed by atoms with E-state index < -0.39 is 57.8 Å². The van der Waals surface area contributed by atoms with Crippen molar-refractivity contribution >= 4 is 25.7 Å². The van der Waals surface area contributed by atoms with Crippen LogP contribution >= 0.6 is 7.82 Å². The molecule has 0 spiro atoms. The van der Waals surface area contributed by atoms with Crippen molar-refractivity contribution in [3.05, 3.63) is 60.8 Å². The lowest BCUT2D eigenvalue weighted by atomic mass is 10.0. The maximum absolute atomic E-state index is 12.9. The first kappa shape index (κ1) is 71.2. The first-order valence-corrected chi connectivity index (χ1v) is 31.7. The van der Waals surface area contributed by atoms with Crippen LogP contribution in [0, 0.1) is 0 Å². The van der Waals surface area contributed by atoms with Gasteiger partial charge in [-0.2, -0.15) is 0 Å². The van der Waals surface area contributed by atoms with Gasteiger partial charge >= 0.3 is 25.7 Å². The number of rotatable bonds is 56. The van der Waals surface area contributed by atoms with Gasteiger partial charge in [0.25, 0.3) is 0 Å². The molecule has 0 fully saturated rings. The second-order valence-corrected chi connectivity index (χ2v) is 21.6. The third-order valence-electron chi connectivity index (χ3n) is 12.9. The van der Waals surface area contributed by atoms with E-state index in [4.69, 9.17) is 23.3 Å². The van der Waals surface area contributed by atoms with Gasteiger partial charge < -0.3 is 24.2 Å². The molecule has 0 saturated carbocycles. The lowest BCUT2D eigenvalue weighted by Crippen LogP contribution is -2.30. The summed E-state index contributed by atoms with van der Waals surface area (Å²) in [5.74, 6) is -1.48. The van der Waals surface area contributed by atoms with Gasteiger partial charge in [0.15, 0.2) is 6.10 Å². The molecule has 0 heterocycles. The molecule has 0 aromatic carbocycles. The fourth-order valence-electron chi connectivity index (χ4n) is 8.34. The molecule has 0 aliphatic rings. The molecule has 0 bridgehead atoms. The third kappa shape index (κ3) is 54.0. The lowest BCUT2D eigenvalue weighted by Gasteiger charge is -2.21. The van der Waals surface area contributed by atoms with E-state index in [1.807, 2.05) is 0 Å². The highest BCUT2D eigenvalue weighted by Gasteiger charge is 2.28. The van der Waals surface area contributed by atoms with Crippen molar-refractivity contribution in [2.24, 2.45) is 0 Å². The minimum atomic E-state index is -4.75. The molecule has 3 atom stereocenters. The Hall–Kier alpha value is -2.82. The van der Waals surface area contributed by atoms with E-state index in [1.54, 1.807) is 0 Å². The first-order valence-electron chi connectivity index (χ1n) is 30.2. The number of phosphoric ester groups is 1. The van der Waals surface area contributed by atoms with E-state index in [1.165, 1.54) is 103 Å². The predicted octanol–water partition coefficient (Wildman–Crippen LogP) is 17.9. The van der Waals surface area contributed by atoms with Crippen molar-refractivity contribution in [3.8, 4) is 0 Å². The molecular weight excluding hydrogens is 952 g/mol. The Balaban J connectivity index is 4.72. The van der Waals surface area contributed by atoms with Crippen LogP contribution in [0.2, 0.25) is 0 Å². The third-order valence-corrected chi connectivity index (χ3v) is 13.9. The summed E-state index contributed by atoms with van der Waals surface area (Å²) in [4.78, 5) is 48.6. The maximum atomic E-state index is 12.9. The normalized spacial score (nSPS) is 13.7. The van der Waals surface area contributed by atoms with Crippen molar-refractivity contribution in [3.63, 3.8) is 0 Å². The van der Waals surface area contributed by atoms with Gasteiger partial charge in [0.05, 0.1) is 19.8 Å². The Morgan fingerprint density at radius 3 is 1.11 bits per heavy atom. The van der Waals surface area contributed by atoms with Crippen LogP contribution < -0.4 is 0 Å². The number of allylic oxidation sites excluding steroid dienone is 10. The number of hydrogen-bond acceptors (Lipinski definition) is 10. The van der Waals surface area contributed by atoms with Crippen LogP contribution in [-0.2, 0) is 42.2 Å². The van der Waals surface area contributed by atoms with E-state index in [0.717, 1.165) is 116 Å². The molecule has 0 rings (SSSR count). The number of esters is 3. The smallest absolute Gasteiger partial charge is 0.462 e. The summed E-state index contributed by atoms with van der Waals surface area (Å²) >= 11 is 0. The highest BCUT2D eigenvalue weighted by atomic mass is 31.2. The molecule has 0 saturated heterocycles. The minimum absolute atomic E-state index is 0.160. The second-order valence-electron chi connectivity index (χ2n) is 20.1. The Kier molecular flexibility index (Phi) is 54.2.